The van der Waals surface area contributed by atoms with Gasteiger partial charge in [-0.3, -0.25) is 19.2 Å². The van der Waals surface area contributed by atoms with Gasteiger partial charge in [-0.1, -0.05) is 36.4 Å². The fourth-order valence-electron chi connectivity index (χ4n) is 5.25. The Labute approximate surface area is 189 Å². The predicted molar refractivity (Wildman–Crippen MR) is 122 cm³/mol. The fraction of sp³-hybridized carbons (Fsp3) is 0.333. The molecule has 3 saturated heterocycles. The van der Waals surface area contributed by atoms with Gasteiger partial charge in [0.1, 0.15) is 4.75 Å². The topological polar surface area (TPSA) is 95.6 Å². The molecule has 8 heteroatoms. The number of benzene rings is 2. The molecule has 2 bridgehead atoms. The molecule has 4 unspecified atom stereocenters. The average Bonchev–Trinajstić information content (AvgIpc) is 3.26. The van der Waals surface area contributed by atoms with E-state index in [1.165, 1.54) is 16.7 Å². The zero-order chi connectivity index (χ0) is 22.8. The molecule has 0 aliphatic carbocycles. The number of para-hydroxylation sites is 2. The number of imide groups is 1. The van der Waals surface area contributed by atoms with Crippen LogP contribution in [0.2, 0.25) is 0 Å². The van der Waals surface area contributed by atoms with Crippen LogP contribution in [0.25, 0.3) is 0 Å². The summed E-state index contributed by atoms with van der Waals surface area (Å²) in [7, 11) is 0. The third-order valence-electron chi connectivity index (χ3n) is 6.74. The van der Waals surface area contributed by atoms with Gasteiger partial charge in [0.15, 0.2) is 0 Å². The molecule has 7 nitrogen and oxygen atoms in total. The number of nitrogens with zero attached hydrogens (tertiary/aromatic N) is 1. The van der Waals surface area contributed by atoms with Gasteiger partial charge >= 0.3 is 0 Å². The first kappa shape index (κ1) is 20.8. The monoisotopic (exact) mass is 449 g/mol. The highest BCUT2D eigenvalue weighted by molar-refractivity contribution is 8.03. The minimum absolute atomic E-state index is 0.185. The first-order chi connectivity index (χ1) is 15.2. The molecule has 4 atom stereocenters. The smallest absolute Gasteiger partial charge is 0.241 e. The molecule has 164 valence electrons. The van der Waals surface area contributed by atoms with Crippen molar-refractivity contribution in [3.63, 3.8) is 0 Å². The quantitative estimate of drug-likeness (QED) is 0.700. The third kappa shape index (κ3) is 2.75. The van der Waals surface area contributed by atoms with Crippen molar-refractivity contribution in [1.82, 2.24) is 5.32 Å². The van der Waals surface area contributed by atoms with Crippen molar-refractivity contribution >= 4 is 46.8 Å². The van der Waals surface area contributed by atoms with Crippen LogP contribution in [0.4, 0.5) is 11.4 Å². The molecule has 0 aromatic heterocycles. The normalized spacial score (nSPS) is 30.5. The third-order valence-corrected chi connectivity index (χ3v) is 8.47. The van der Waals surface area contributed by atoms with E-state index < -0.39 is 27.4 Å². The minimum atomic E-state index is -1.32. The number of anilines is 2. The molecule has 32 heavy (non-hydrogen) atoms. The van der Waals surface area contributed by atoms with Crippen molar-refractivity contribution in [2.45, 2.75) is 36.8 Å². The van der Waals surface area contributed by atoms with Crippen molar-refractivity contribution in [1.29, 1.82) is 0 Å². The maximum absolute atomic E-state index is 13.6. The first-order valence-corrected chi connectivity index (χ1v) is 11.3. The number of fused-ring (bicyclic) bond motifs is 5. The molecular weight excluding hydrogens is 426 g/mol. The zero-order valence-corrected chi connectivity index (χ0v) is 18.8. The van der Waals surface area contributed by atoms with Crippen LogP contribution in [0, 0.1) is 25.7 Å². The first-order valence-electron chi connectivity index (χ1n) is 10.5. The van der Waals surface area contributed by atoms with Crippen LogP contribution in [0.1, 0.15) is 24.5 Å². The summed E-state index contributed by atoms with van der Waals surface area (Å²) in [6.45, 7) is 5.49. The molecule has 0 radical (unpaired) electrons. The van der Waals surface area contributed by atoms with Crippen LogP contribution in [0.5, 0.6) is 0 Å². The molecule has 3 heterocycles. The van der Waals surface area contributed by atoms with E-state index in [1.807, 2.05) is 44.2 Å². The number of carbonyl (C=O) groups is 4. The van der Waals surface area contributed by atoms with Gasteiger partial charge in [0, 0.05) is 5.69 Å². The van der Waals surface area contributed by atoms with Gasteiger partial charge in [0.2, 0.25) is 23.6 Å². The van der Waals surface area contributed by atoms with Gasteiger partial charge in [-0.2, -0.15) is 0 Å². The summed E-state index contributed by atoms with van der Waals surface area (Å²) in [6.07, 6.45) is -0.185. The summed E-state index contributed by atoms with van der Waals surface area (Å²) in [5.74, 6) is -3.07. The number of amides is 4. The molecule has 0 spiro atoms. The van der Waals surface area contributed by atoms with Crippen molar-refractivity contribution in [2.24, 2.45) is 11.8 Å². The van der Waals surface area contributed by atoms with Crippen LogP contribution in [-0.4, -0.2) is 33.2 Å². The van der Waals surface area contributed by atoms with Crippen LogP contribution < -0.4 is 15.5 Å². The lowest BCUT2D eigenvalue weighted by Crippen LogP contribution is -2.57. The standard InChI is InChI=1S/C24H23N3O4S/c1-13-8-4-6-10-15(13)25-17(28)12-24-19-18(23(3,32-24)26-22(24)31)20(29)27(21(19)30)16-11-7-5-9-14(16)2/h4-11,18-19H,12H2,1-3H3,(H,25,28)(H,26,31). The maximum Gasteiger partial charge on any atom is 0.241 e. The van der Waals surface area contributed by atoms with Gasteiger partial charge < -0.3 is 10.6 Å². The Bertz CT molecular complexity index is 1200. The average molecular weight is 450 g/mol. The fourth-order valence-corrected chi connectivity index (χ4v) is 7.22. The number of aryl methyl sites for hydroxylation is 2. The second kappa shape index (κ2) is 6.93. The molecular formula is C24H23N3O4S. The van der Waals surface area contributed by atoms with E-state index in [0.29, 0.717) is 11.4 Å². The maximum atomic E-state index is 13.6. The Balaban J connectivity index is 1.51. The summed E-state index contributed by atoms with van der Waals surface area (Å²) in [5.41, 5.74) is 2.88. The molecule has 2 aromatic carbocycles. The Morgan fingerprint density at radius 2 is 1.62 bits per heavy atom. The van der Waals surface area contributed by atoms with E-state index in [9.17, 15) is 19.2 Å². The molecule has 0 saturated carbocycles. The number of thioether (sulfide) groups is 1. The SMILES string of the molecule is Cc1ccccc1NC(=O)CC12SC(C)(NC1=O)C1C(=O)N(c3ccccc3C)C(=O)C12. The van der Waals surface area contributed by atoms with Gasteiger partial charge in [-0.15, -0.1) is 11.8 Å². The predicted octanol–water partition coefficient (Wildman–Crippen LogP) is 2.77. The second-order valence-corrected chi connectivity index (χ2v) is 10.6. The number of hydrogen-bond donors (Lipinski definition) is 2. The molecule has 3 aliphatic heterocycles. The highest BCUT2D eigenvalue weighted by Crippen LogP contribution is 2.65. The van der Waals surface area contributed by atoms with Gasteiger partial charge in [0.05, 0.1) is 28.8 Å². The van der Waals surface area contributed by atoms with Crippen LogP contribution >= 0.6 is 11.8 Å². The summed E-state index contributed by atoms with van der Waals surface area (Å²) in [6, 6.07) is 14.6. The Hall–Kier alpha value is -3.13. The van der Waals surface area contributed by atoms with E-state index in [4.69, 9.17) is 0 Å². The Morgan fingerprint density at radius 3 is 2.31 bits per heavy atom. The van der Waals surface area contributed by atoms with Gasteiger partial charge in [-0.25, -0.2) is 4.90 Å². The van der Waals surface area contributed by atoms with Crippen molar-refractivity contribution in [3.8, 4) is 0 Å². The highest BCUT2D eigenvalue weighted by Gasteiger charge is 2.77. The second-order valence-electron chi connectivity index (χ2n) is 8.85. The lowest BCUT2D eigenvalue weighted by Gasteiger charge is -2.32. The van der Waals surface area contributed by atoms with E-state index in [0.717, 1.165) is 11.1 Å². The molecule has 2 aromatic rings. The van der Waals surface area contributed by atoms with Crippen molar-refractivity contribution in [2.75, 3.05) is 10.2 Å². The Kier molecular flexibility index (Phi) is 4.50. The molecule has 4 amide bonds. The summed E-state index contributed by atoms with van der Waals surface area (Å²) in [4.78, 5) is 53.5. The van der Waals surface area contributed by atoms with Crippen molar-refractivity contribution in [3.05, 3.63) is 59.7 Å². The number of piperidine rings is 1. The van der Waals surface area contributed by atoms with Crippen molar-refractivity contribution < 1.29 is 19.2 Å². The number of carbonyl (C=O) groups excluding carboxylic acids is 4. The minimum Gasteiger partial charge on any atom is -0.340 e. The number of nitrogens with one attached hydrogen (secondary N) is 2. The number of rotatable bonds is 4. The summed E-state index contributed by atoms with van der Waals surface area (Å²) in [5, 5.41) is 5.77. The Morgan fingerprint density at radius 1 is 1.00 bits per heavy atom. The van der Waals surface area contributed by atoms with E-state index in [2.05, 4.69) is 10.6 Å². The van der Waals surface area contributed by atoms with Crippen LogP contribution in [-0.2, 0) is 19.2 Å². The van der Waals surface area contributed by atoms with E-state index >= 15 is 0 Å². The lowest BCUT2D eigenvalue weighted by atomic mass is 9.74. The molecule has 3 fully saturated rings. The largest absolute Gasteiger partial charge is 0.340 e. The summed E-state index contributed by atoms with van der Waals surface area (Å²) >= 11 is 1.24. The highest BCUT2D eigenvalue weighted by atomic mass is 32.2. The van der Waals surface area contributed by atoms with Gasteiger partial charge in [0.25, 0.3) is 0 Å². The van der Waals surface area contributed by atoms with Crippen LogP contribution in [0.15, 0.2) is 48.5 Å². The van der Waals surface area contributed by atoms with Crippen LogP contribution in [0.3, 0.4) is 0 Å². The number of hydrogen-bond acceptors (Lipinski definition) is 5. The summed E-state index contributed by atoms with van der Waals surface area (Å²) < 4.78 is -1.32. The zero-order valence-electron chi connectivity index (χ0n) is 18.0. The van der Waals surface area contributed by atoms with E-state index in [1.54, 1.807) is 25.1 Å². The molecule has 3 aliphatic rings. The molecule has 5 rings (SSSR count). The molecule has 2 N–H and O–H groups in total. The lowest BCUT2D eigenvalue weighted by molar-refractivity contribution is -0.136. The van der Waals surface area contributed by atoms with Gasteiger partial charge in [-0.05, 0) is 44.0 Å². The van der Waals surface area contributed by atoms with E-state index in [-0.39, 0.29) is 24.1 Å².